The maximum Gasteiger partial charge on any atom is 0.338 e. The van der Waals surface area contributed by atoms with Crippen LogP contribution < -0.4 is 11.3 Å². The van der Waals surface area contributed by atoms with E-state index in [1.165, 1.54) is 7.11 Å². The van der Waals surface area contributed by atoms with Gasteiger partial charge in [0.15, 0.2) is 0 Å². The van der Waals surface area contributed by atoms with E-state index in [0.717, 1.165) is 9.26 Å². The summed E-state index contributed by atoms with van der Waals surface area (Å²) in [5.41, 5.74) is 3.80. The minimum absolute atomic E-state index is 0.340. The van der Waals surface area contributed by atoms with E-state index in [1.807, 2.05) is 0 Å². The van der Waals surface area contributed by atoms with Crippen LogP contribution in [0.25, 0.3) is 0 Å². The quantitative estimate of drug-likeness (QED) is 0.374. The van der Waals surface area contributed by atoms with Gasteiger partial charge in [-0.3, -0.25) is 5.84 Å². The lowest BCUT2D eigenvalue weighted by molar-refractivity contribution is 0.0599. The number of nitrogen functional groups attached to an aromatic ring is 1. The van der Waals surface area contributed by atoms with Gasteiger partial charge in [0, 0.05) is 9.26 Å². The smallest absolute Gasteiger partial charge is 0.338 e. The number of hydrogen-bond donors (Lipinski definition) is 2. The number of halogens is 1. The normalized spacial score (nSPS) is 9.46. The molecule has 4 nitrogen and oxygen atoms in total. The highest BCUT2D eigenvalue weighted by Gasteiger charge is 2.09. The molecule has 1 rings (SSSR count). The summed E-state index contributed by atoms with van der Waals surface area (Å²) < 4.78 is 5.40. The Labute approximate surface area is 89.6 Å². The first-order chi connectivity index (χ1) is 6.19. The molecular weight excluding hydrogens is 283 g/mol. The van der Waals surface area contributed by atoms with Crippen LogP contribution in [0, 0.1) is 3.57 Å². The van der Waals surface area contributed by atoms with Gasteiger partial charge in [-0.05, 0) is 40.8 Å². The zero-order valence-electron chi connectivity index (χ0n) is 7.00. The molecule has 0 spiro atoms. The summed E-state index contributed by atoms with van der Waals surface area (Å²) in [6.45, 7) is 0. The van der Waals surface area contributed by atoms with E-state index < -0.39 is 0 Å². The van der Waals surface area contributed by atoms with Crippen LogP contribution in [0.2, 0.25) is 0 Å². The number of carbonyl (C=O) groups is 1. The van der Waals surface area contributed by atoms with Gasteiger partial charge in [-0.15, -0.1) is 0 Å². The van der Waals surface area contributed by atoms with Crippen LogP contribution in [-0.2, 0) is 4.74 Å². The molecule has 1 aromatic rings. The molecule has 0 atom stereocenters. The second kappa shape index (κ2) is 4.43. The highest BCUT2D eigenvalue weighted by Crippen LogP contribution is 2.17. The predicted octanol–water partition coefficient (Wildman–Crippen LogP) is 1.36. The largest absolute Gasteiger partial charge is 0.465 e. The molecule has 0 aliphatic rings. The van der Waals surface area contributed by atoms with E-state index in [1.54, 1.807) is 18.2 Å². The number of ether oxygens (including phenoxy) is 1. The molecule has 0 aromatic heterocycles. The highest BCUT2D eigenvalue weighted by atomic mass is 127. The first-order valence-electron chi connectivity index (χ1n) is 3.53. The molecule has 0 radical (unpaired) electrons. The Balaban J connectivity index is 3.05. The SMILES string of the molecule is COC(=O)c1ccc(NN)cc1I. The predicted molar refractivity (Wildman–Crippen MR) is 58.3 cm³/mol. The number of methoxy groups -OCH3 is 1. The number of esters is 1. The van der Waals surface area contributed by atoms with Gasteiger partial charge in [-0.2, -0.15) is 0 Å². The van der Waals surface area contributed by atoms with Gasteiger partial charge in [0.25, 0.3) is 0 Å². The lowest BCUT2D eigenvalue weighted by Gasteiger charge is -2.04. The zero-order chi connectivity index (χ0) is 9.84. The Bertz CT molecular complexity index is 328. The maximum absolute atomic E-state index is 11.2. The maximum atomic E-state index is 11.2. The molecule has 5 heteroatoms. The van der Waals surface area contributed by atoms with Gasteiger partial charge < -0.3 is 10.2 Å². The van der Waals surface area contributed by atoms with Crippen molar-refractivity contribution in [2.24, 2.45) is 5.84 Å². The molecule has 70 valence electrons. The van der Waals surface area contributed by atoms with E-state index in [-0.39, 0.29) is 5.97 Å². The minimum Gasteiger partial charge on any atom is -0.465 e. The average molecular weight is 292 g/mol. The fraction of sp³-hybridized carbons (Fsp3) is 0.125. The van der Waals surface area contributed by atoms with Crippen LogP contribution in [0.1, 0.15) is 10.4 Å². The van der Waals surface area contributed by atoms with Gasteiger partial charge in [0.2, 0.25) is 0 Å². The van der Waals surface area contributed by atoms with Gasteiger partial charge in [-0.1, -0.05) is 0 Å². The fourth-order valence-electron chi connectivity index (χ4n) is 0.880. The number of nitrogens with two attached hydrogens (primary N) is 1. The Morgan fingerprint density at radius 2 is 2.31 bits per heavy atom. The number of hydrazine groups is 1. The second-order valence-electron chi connectivity index (χ2n) is 2.33. The van der Waals surface area contributed by atoms with Crippen LogP contribution >= 0.6 is 22.6 Å². The molecule has 0 fully saturated rings. The second-order valence-corrected chi connectivity index (χ2v) is 3.49. The molecule has 0 amide bonds. The first kappa shape index (κ1) is 10.3. The third-order valence-corrected chi connectivity index (χ3v) is 2.43. The summed E-state index contributed by atoms with van der Waals surface area (Å²) in [6.07, 6.45) is 0. The molecule has 0 aliphatic carbocycles. The van der Waals surface area contributed by atoms with Crippen molar-refractivity contribution >= 4 is 34.2 Å². The molecule has 3 N–H and O–H groups in total. The van der Waals surface area contributed by atoms with Gasteiger partial charge in [-0.25, -0.2) is 4.79 Å². The average Bonchev–Trinajstić information content (AvgIpc) is 2.16. The van der Waals surface area contributed by atoms with Crippen LogP contribution in [0.15, 0.2) is 18.2 Å². The van der Waals surface area contributed by atoms with Gasteiger partial charge in [0.05, 0.1) is 12.7 Å². The van der Waals surface area contributed by atoms with Crippen molar-refractivity contribution in [2.45, 2.75) is 0 Å². The number of rotatable bonds is 2. The van der Waals surface area contributed by atoms with Crippen molar-refractivity contribution in [3.63, 3.8) is 0 Å². The van der Waals surface area contributed by atoms with E-state index >= 15 is 0 Å². The molecule has 13 heavy (non-hydrogen) atoms. The van der Waals surface area contributed by atoms with Crippen molar-refractivity contribution in [3.05, 3.63) is 27.3 Å². The molecule has 0 bridgehead atoms. The molecule has 0 heterocycles. The monoisotopic (exact) mass is 292 g/mol. The van der Waals surface area contributed by atoms with E-state index in [0.29, 0.717) is 5.56 Å². The van der Waals surface area contributed by atoms with E-state index in [9.17, 15) is 4.79 Å². The fourth-order valence-corrected chi connectivity index (χ4v) is 1.62. The minimum atomic E-state index is -0.340. The number of carbonyl (C=O) groups excluding carboxylic acids is 1. The van der Waals surface area contributed by atoms with Crippen LogP contribution in [0.3, 0.4) is 0 Å². The van der Waals surface area contributed by atoms with Crippen molar-refractivity contribution in [3.8, 4) is 0 Å². The highest BCUT2D eigenvalue weighted by molar-refractivity contribution is 14.1. The molecule has 0 saturated heterocycles. The van der Waals surface area contributed by atoms with E-state index in [2.05, 4.69) is 32.8 Å². The lowest BCUT2D eigenvalue weighted by atomic mass is 10.2. The van der Waals surface area contributed by atoms with Gasteiger partial charge in [0.1, 0.15) is 0 Å². The van der Waals surface area contributed by atoms with Crippen LogP contribution in [-0.4, -0.2) is 13.1 Å². The van der Waals surface area contributed by atoms with Crippen molar-refractivity contribution in [1.82, 2.24) is 0 Å². The topological polar surface area (TPSA) is 64.3 Å². The third-order valence-electron chi connectivity index (χ3n) is 1.54. The molecule has 0 unspecified atom stereocenters. The summed E-state index contributed by atoms with van der Waals surface area (Å²) >= 11 is 2.05. The van der Waals surface area contributed by atoms with Crippen molar-refractivity contribution in [2.75, 3.05) is 12.5 Å². The zero-order valence-corrected chi connectivity index (χ0v) is 9.16. The molecule has 1 aromatic carbocycles. The third kappa shape index (κ3) is 2.31. The van der Waals surface area contributed by atoms with Gasteiger partial charge >= 0.3 is 5.97 Å². The van der Waals surface area contributed by atoms with Crippen LogP contribution in [0.4, 0.5) is 5.69 Å². The number of nitrogens with one attached hydrogen (secondary N) is 1. The first-order valence-corrected chi connectivity index (χ1v) is 4.61. The summed E-state index contributed by atoms with van der Waals surface area (Å²) in [7, 11) is 1.35. The summed E-state index contributed by atoms with van der Waals surface area (Å²) in [5, 5.41) is 0. The Morgan fingerprint density at radius 3 is 2.77 bits per heavy atom. The molecule has 0 saturated carbocycles. The number of hydrogen-bond acceptors (Lipinski definition) is 4. The molecule has 0 aliphatic heterocycles. The summed E-state index contributed by atoms with van der Waals surface area (Å²) in [6, 6.07) is 5.16. The Morgan fingerprint density at radius 1 is 1.62 bits per heavy atom. The van der Waals surface area contributed by atoms with E-state index in [4.69, 9.17) is 5.84 Å². The standard InChI is InChI=1S/C8H9IN2O2/c1-13-8(12)6-3-2-5(11-10)4-7(6)9/h2-4,11H,10H2,1H3. The van der Waals surface area contributed by atoms with Crippen LogP contribution in [0.5, 0.6) is 0 Å². The summed E-state index contributed by atoms with van der Waals surface area (Å²) in [4.78, 5) is 11.2. The summed E-state index contributed by atoms with van der Waals surface area (Å²) in [5.74, 6) is 4.87. The Hall–Kier alpha value is -0.820. The molecular formula is C8H9IN2O2. The Kier molecular flexibility index (Phi) is 3.49. The number of anilines is 1. The van der Waals surface area contributed by atoms with Crippen molar-refractivity contribution < 1.29 is 9.53 Å². The lowest BCUT2D eigenvalue weighted by Crippen LogP contribution is -2.09. The number of benzene rings is 1. The van der Waals surface area contributed by atoms with Crippen molar-refractivity contribution in [1.29, 1.82) is 0 Å².